The lowest BCUT2D eigenvalue weighted by Crippen LogP contribution is -2.53. The Kier molecular flexibility index (Phi) is 5.22. The highest BCUT2D eigenvalue weighted by Crippen LogP contribution is 2.24. The Bertz CT molecular complexity index is 1130. The van der Waals surface area contributed by atoms with Crippen molar-refractivity contribution in [1.82, 2.24) is 14.5 Å². The number of pyridine rings is 1. The number of anilines is 2. The van der Waals surface area contributed by atoms with Crippen LogP contribution < -0.4 is 15.4 Å². The second-order valence-electron chi connectivity index (χ2n) is 7.42. The number of carbonyl (C=O) groups is 1. The average molecular weight is 405 g/mol. The molecule has 4 rings (SSSR count). The Labute approximate surface area is 174 Å². The summed E-state index contributed by atoms with van der Waals surface area (Å²) in [5.41, 5.74) is 2.51. The molecule has 1 N–H and O–H groups in total. The number of aromatic carboxylic acids is 1. The SMILES string of the molecule is C[C@@H]1CN(c2cccc(C(=O)O)c2)CCN1c1nc(-c2ccncc2)cc(=O)n1C. The summed E-state index contributed by atoms with van der Waals surface area (Å²) in [6.45, 7) is 4.14. The van der Waals surface area contributed by atoms with Crippen LogP contribution in [0.1, 0.15) is 17.3 Å². The number of aromatic nitrogens is 3. The van der Waals surface area contributed by atoms with Crippen LogP contribution in [-0.2, 0) is 7.05 Å². The second-order valence-corrected chi connectivity index (χ2v) is 7.42. The Hall–Kier alpha value is -3.68. The average Bonchev–Trinajstić information content (AvgIpc) is 2.76. The molecule has 30 heavy (non-hydrogen) atoms. The van der Waals surface area contributed by atoms with Gasteiger partial charge in [0.05, 0.1) is 11.3 Å². The van der Waals surface area contributed by atoms with Gasteiger partial charge in [-0.1, -0.05) is 6.07 Å². The maximum absolute atomic E-state index is 12.6. The maximum atomic E-state index is 12.6. The van der Waals surface area contributed by atoms with Crippen molar-refractivity contribution in [1.29, 1.82) is 0 Å². The predicted molar refractivity (Wildman–Crippen MR) is 115 cm³/mol. The van der Waals surface area contributed by atoms with Gasteiger partial charge in [-0.2, -0.15) is 0 Å². The number of hydrogen-bond acceptors (Lipinski definition) is 6. The van der Waals surface area contributed by atoms with Gasteiger partial charge in [0.2, 0.25) is 5.95 Å². The third-order valence-corrected chi connectivity index (χ3v) is 5.43. The molecule has 3 heterocycles. The number of nitrogens with zero attached hydrogens (tertiary/aromatic N) is 5. The molecule has 1 aromatic carbocycles. The van der Waals surface area contributed by atoms with Crippen LogP contribution in [-0.4, -0.2) is 51.3 Å². The fraction of sp³-hybridized carbons (Fsp3) is 0.273. The Morgan fingerprint density at radius 2 is 1.90 bits per heavy atom. The van der Waals surface area contributed by atoms with Gasteiger partial charge in [-0.15, -0.1) is 0 Å². The van der Waals surface area contributed by atoms with Crippen LogP contribution >= 0.6 is 0 Å². The predicted octanol–water partition coefficient (Wildman–Crippen LogP) is 2.26. The molecule has 0 spiro atoms. The topological polar surface area (TPSA) is 91.6 Å². The molecule has 1 fully saturated rings. The van der Waals surface area contributed by atoms with E-state index in [4.69, 9.17) is 4.98 Å². The number of carboxylic acids is 1. The van der Waals surface area contributed by atoms with Gasteiger partial charge in [-0.05, 0) is 37.3 Å². The molecule has 1 saturated heterocycles. The lowest BCUT2D eigenvalue weighted by atomic mass is 10.1. The van der Waals surface area contributed by atoms with E-state index < -0.39 is 5.97 Å². The van der Waals surface area contributed by atoms with Crippen molar-refractivity contribution in [2.45, 2.75) is 13.0 Å². The van der Waals surface area contributed by atoms with E-state index >= 15 is 0 Å². The van der Waals surface area contributed by atoms with Gasteiger partial charge in [0.25, 0.3) is 5.56 Å². The molecule has 0 radical (unpaired) electrons. The van der Waals surface area contributed by atoms with Gasteiger partial charge < -0.3 is 14.9 Å². The molecule has 0 saturated carbocycles. The van der Waals surface area contributed by atoms with Crippen LogP contribution in [0.4, 0.5) is 11.6 Å². The standard InChI is InChI=1S/C22H23N5O3/c1-15-14-26(18-5-3-4-17(12-18)21(29)30)10-11-27(15)22-24-19(13-20(28)25(22)2)16-6-8-23-9-7-16/h3-9,12-13,15H,10-11,14H2,1-2H3,(H,29,30)/t15-/m1/s1. The zero-order chi connectivity index (χ0) is 21.3. The summed E-state index contributed by atoms with van der Waals surface area (Å²) in [7, 11) is 1.73. The van der Waals surface area contributed by atoms with Crippen molar-refractivity contribution in [2.75, 3.05) is 29.4 Å². The molecule has 0 unspecified atom stereocenters. The van der Waals surface area contributed by atoms with E-state index in [0.717, 1.165) is 11.3 Å². The summed E-state index contributed by atoms with van der Waals surface area (Å²) in [6, 6.07) is 12.3. The monoisotopic (exact) mass is 405 g/mol. The molecule has 2 aromatic heterocycles. The van der Waals surface area contributed by atoms with E-state index in [0.29, 0.717) is 31.3 Å². The van der Waals surface area contributed by atoms with Crippen LogP contribution in [0.2, 0.25) is 0 Å². The van der Waals surface area contributed by atoms with Crippen LogP contribution in [0.3, 0.4) is 0 Å². The minimum atomic E-state index is -0.935. The zero-order valence-corrected chi connectivity index (χ0v) is 16.9. The number of piperazine rings is 1. The van der Waals surface area contributed by atoms with E-state index in [2.05, 4.69) is 21.7 Å². The van der Waals surface area contributed by atoms with Crippen molar-refractivity contribution in [3.63, 3.8) is 0 Å². The molecule has 0 amide bonds. The smallest absolute Gasteiger partial charge is 0.335 e. The molecule has 1 aliphatic rings. The van der Waals surface area contributed by atoms with Crippen LogP contribution in [0.5, 0.6) is 0 Å². The molecule has 1 atom stereocenters. The minimum Gasteiger partial charge on any atom is -0.478 e. The van der Waals surface area contributed by atoms with Gasteiger partial charge in [0.1, 0.15) is 0 Å². The molecular weight excluding hydrogens is 382 g/mol. The first-order chi connectivity index (χ1) is 14.4. The third kappa shape index (κ3) is 3.76. The highest BCUT2D eigenvalue weighted by molar-refractivity contribution is 5.88. The summed E-state index contributed by atoms with van der Waals surface area (Å²) in [5.74, 6) is -0.309. The lowest BCUT2D eigenvalue weighted by molar-refractivity contribution is 0.0697. The van der Waals surface area contributed by atoms with E-state index in [9.17, 15) is 14.7 Å². The van der Waals surface area contributed by atoms with Crippen LogP contribution in [0.15, 0.2) is 59.7 Å². The summed E-state index contributed by atoms with van der Waals surface area (Å²) >= 11 is 0. The molecule has 154 valence electrons. The van der Waals surface area contributed by atoms with Gasteiger partial charge >= 0.3 is 5.97 Å². The number of rotatable bonds is 4. The van der Waals surface area contributed by atoms with Gasteiger partial charge in [-0.3, -0.25) is 14.3 Å². The Morgan fingerprint density at radius 3 is 2.60 bits per heavy atom. The van der Waals surface area contributed by atoms with E-state index in [-0.39, 0.29) is 17.2 Å². The largest absolute Gasteiger partial charge is 0.478 e. The maximum Gasteiger partial charge on any atom is 0.335 e. The highest BCUT2D eigenvalue weighted by Gasteiger charge is 2.27. The number of benzene rings is 1. The molecule has 0 aliphatic carbocycles. The number of hydrogen-bond donors (Lipinski definition) is 1. The van der Waals surface area contributed by atoms with Gasteiger partial charge in [0, 0.05) is 62.4 Å². The van der Waals surface area contributed by atoms with Crippen molar-refractivity contribution >= 4 is 17.6 Å². The Morgan fingerprint density at radius 1 is 1.13 bits per heavy atom. The van der Waals surface area contributed by atoms with Crippen molar-refractivity contribution in [3.05, 3.63) is 70.8 Å². The first kappa shape index (κ1) is 19.6. The third-order valence-electron chi connectivity index (χ3n) is 5.43. The van der Waals surface area contributed by atoms with Crippen molar-refractivity contribution < 1.29 is 9.90 Å². The highest BCUT2D eigenvalue weighted by atomic mass is 16.4. The quantitative estimate of drug-likeness (QED) is 0.712. The van der Waals surface area contributed by atoms with E-state index in [1.54, 1.807) is 42.2 Å². The molecule has 1 aliphatic heterocycles. The van der Waals surface area contributed by atoms with E-state index in [1.807, 2.05) is 18.2 Å². The first-order valence-electron chi connectivity index (χ1n) is 9.77. The molecule has 3 aromatic rings. The fourth-order valence-electron chi connectivity index (χ4n) is 3.78. The lowest BCUT2D eigenvalue weighted by Gasteiger charge is -2.42. The minimum absolute atomic E-state index is 0.0815. The van der Waals surface area contributed by atoms with Gasteiger partial charge in [-0.25, -0.2) is 9.78 Å². The molecule has 8 heteroatoms. The normalized spacial score (nSPS) is 16.5. The number of carboxylic acid groups (broad SMARTS) is 1. The molecular formula is C22H23N5O3. The second kappa shape index (κ2) is 7.98. The van der Waals surface area contributed by atoms with Gasteiger partial charge in [0.15, 0.2) is 0 Å². The first-order valence-corrected chi connectivity index (χ1v) is 9.77. The summed E-state index contributed by atoms with van der Waals surface area (Å²) < 4.78 is 1.57. The molecule has 0 bridgehead atoms. The van der Waals surface area contributed by atoms with E-state index in [1.165, 1.54) is 6.07 Å². The van der Waals surface area contributed by atoms with Crippen LogP contribution in [0, 0.1) is 0 Å². The summed E-state index contributed by atoms with van der Waals surface area (Å²) in [6.07, 6.45) is 3.36. The zero-order valence-electron chi connectivity index (χ0n) is 16.9. The fourth-order valence-corrected chi connectivity index (χ4v) is 3.78. The van der Waals surface area contributed by atoms with Crippen molar-refractivity contribution in [2.24, 2.45) is 7.05 Å². The van der Waals surface area contributed by atoms with Crippen molar-refractivity contribution in [3.8, 4) is 11.3 Å². The summed E-state index contributed by atoms with van der Waals surface area (Å²) in [4.78, 5) is 37.0. The summed E-state index contributed by atoms with van der Waals surface area (Å²) in [5, 5.41) is 9.26. The van der Waals surface area contributed by atoms with Crippen LogP contribution in [0.25, 0.3) is 11.3 Å². The molecule has 8 nitrogen and oxygen atoms in total. The Balaban J connectivity index is 1.61.